The molecule has 3 rings (SSSR count). The Morgan fingerprint density at radius 3 is 2.03 bits per heavy atom. The highest BCUT2D eigenvalue weighted by Gasteiger charge is 2.30. The van der Waals surface area contributed by atoms with Crippen LogP contribution in [0.1, 0.15) is 37.9 Å². The third kappa shape index (κ3) is 6.35. The minimum Gasteiger partial charge on any atom is -0.457 e. The van der Waals surface area contributed by atoms with Crippen molar-refractivity contribution in [2.75, 3.05) is 10.6 Å². The molecular weight excluding hydrogens is 436 g/mol. The van der Waals surface area contributed by atoms with Gasteiger partial charge in [-0.2, -0.15) is 0 Å². The fourth-order valence-corrected chi connectivity index (χ4v) is 4.73. The number of amides is 1. The van der Waals surface area contributed by atoms with Gasteiger partial charge in [0.25, 0.3) is 0 Å². The van der Waals surface area contributed by atoms with Gasteiger partial charge >= 0.3 is 0 Å². The van der Waals surface area contributed by atoms with Gasteiger partial charge in [0.05, 0.1) is 18.0 Å². The lowest BCUT2D eigenvalue weighted by molar-refractivity contribution is -0.122. The molecule has 2 atom stereocenters. The second-order valence-electron chi connectivity index (χ2n) is 7.97. The van der Waals surface area contributed by atoms with E-state index in [0.717, 1.165) is 22.5 Å². The van der Waals surface area contributed by atoms with Gasteiger partial charge in [0.1, 0.15) is 17.5 Å². The average Bonchev–Trinajstić information content (AvgIpc) is 2.80. The number of aryl methyl sites for hydroxylation is 1. The zero-order valence-electron chi connectivity index (χ0n) is 19.4. The van der Waals surface area contributed by atoms with Crippen molar-refractivity contribution in [1.82, 2.24) is 5.32 Å². The Balaban J connectivity index is 1.75. The lowest BCUT2D eigenvalue weighted by Gasteiger charge is -2.29. The number of sulfonamides is 1. The molecule has 0 aromatic heterocycles. The van der Waals surface area contributed by atoms with Crippen LogP contribution in [0.25, 0.3) is 0 Å². The molecule has 3 aromatic carbocycles. The van der Waals surface area contributed by atoms with E-state index in [4.69, 9.17) is 4.74 Å². The molecule has 6 nitrogen and oxygen atoms in total. The second-order valence-corrected chi connectivity index (χ2v) is 9.83. The maximum Gasteiger partial charge on any atom is 0.244 e. The van der Waals surface area contributed by atoms with Gasteiger partial charge in [-0.05, 0) is 67.8 Å². The molecule has 1 N–H and O–H groups in total. The molecule has 2 unspecified atom stereocenters. The zero-order chi connectivity index (χ0) is 24.0. The molecule has 7 heteroatoms. The highest BCUT2D eigenvalue weighted by molar-refractivity contribution is 7.92. The van der Waals surface area contributed by atoms with Crippen molar-refractivity contribution in [3.63, 3.8) is 0 Å². The molecule has 0 spiro atoms. The van der Waals surface area contributed by atoms with Gasteiger partial charge in [-0.15, -0.1) is 0 Å². The molecule has 0 radical (unpaired) electrons. The Morgan fingerprint density at radius 2 is 1.48 bits per heavy atom. The third-order valence-electron chi connectivity index (χ3n) is 5.41. The van der Waals surface area contributed by atoms with E-state index in [-0.39, 0.29) is 11.9 Å². The number of carbonyl (C=O) groups excluding carboxylic acids is 1. The van der Waals surface area contributed by atoms with Crippen molar-refractivity contribution in [1.29, 1.82) is 0 Å². The van der Waals surface area contributed by atoms with Crippen LogP contribution >= 0.6 is 0 Å². The zero-order valence-corrected chi connectivity index (χ0v) is 20.2. The summed E-state index contributed by atoms with van der Waals surface area (Å²) in [7, 11) is -3.71. The molecule has 0 aliphatic heterocycles. The Labute approximate surface area is 196 Å². The molecule has 1 amide bonds. The van der Waals surface area contributed by atoms with Crippen LogP contribution in [0.2, 0.25) is 0 Å². The van der Waals surface area contributed by atoms with Crippen molar-refractivity contribution in [2.24, 2.45) is 0 Å². The van der Waals surface area contributed by atoms with Gasteiger partial charge in [-0.25, -0.2) is 8.42 Å². The first-order valence-electron chi connectivity index (χ1n) is 10.9. The van der Waals surface area contributed by atoms with Crippen molar-refractivity contribution >= 4 is 21.6 Å². The maximum atomic E-state index is 13.0. The lowest BCUT2D eigenvalue weighted by Crippen LogP contribution is -2.48. The number of rotatable bonds is 9. The normalized spacial score (nSPS) is 13.1. The number of hydrogen-bond donors (Lipinski definition) is 1. The Morgan fingerprint density at radius 1 is 0.909 bits per heavy atom. The van der Waals surface area contributed by atoms with Gasteiger partial charge in [0, 0.05) is 0 Å². The van der Waals surface area contributed by atoms with Crippen LogP contribution in [0.15, 0.2) is 78.9 Å². The van der Waals surface area contributed by atoms with Gasteiger partial charge in [-0.3, -0.25) is 9.10 Å². The number of hydrogen-bond acceptors (Lipinski definition) is 4. The van der Waals surface area contributed by atoms with Gasteiger partial charge in [0.15, 0.2) is 0 Å². The van der Waals surface area contributed by atoms with Crippen LogP contribution < -0.4 is 14.4 Å². The summed E-state index contributed by atoms with van der Waals surface area (Å²) in [4.78, 5) is 13.0. The molecule has 3 aromatic rings. The largest absolute Gasteiger partial charge is 0.457 e. The molecular formula is C26H30N2O4S. The number of para-hydroxylation sites is 1. The highest BCUT2D eigenvalue weighted by Crippen LogP contribution is 2.27. The monoisotopic (exact) mass is 466 g/mol. The average molecular weight is 467 g/mol. The van der Waals surface area contributed by atoms with Crippen LogP contribution in [0, 0.1) is 0 Å². The summed E-state index contributed by atoms with van der Waals surface area (Å²) >= 11 is 0. The van der Waals surface area contributed by atoms with Crippen molar-refractivity contribution in [3.8, 4) is 11.5 Å². The molecule has 0 heterocycles. The SMILES string of the molecule is CCc1ccc(C(C)NC(=O)C(C)N(c2ccc(Oc3ccccc3)cc2)S(C)(=O)=O)cc1. The minimum absolute atomic E-state index is 0.256. The molecule has 0 bridgehead atoms. The van der Waals surface area contributed by atoms with Crippen LogP contribution in [-0.4, -0.2) is 26.6 Å². The van der Waals surface area contributed by atoms with Crippen LogP contribution in [0.5, 0.6) is 11.5 Å². The fourth-order valence-electron chi connectivity index (χ4n) is 3.55. The van der Waals surface area contributed by atoms with Crippen molar-refractivity contribution < 1.29 is 17.9 Å². The number of benzene rings is 3. The Hall–Kier alpha value is -3.32. The first kappa shape index (κ1) is 24.3. The van der Waals surface area contributed by atoms with Crippen molar-refractivity contribution in [2.45, 2.75) is 39.3 Å². The van der Waals surface area contributed by atoms with E-state index in [1.807, 2.05) is 61.5 Å². The van der Waals surface area contributed by atoms with Crippen LogP contribution in [-0.2, 0) is 21.2 Å². The lowest BCUT2D eigenvalue weighted by atomic mass is 10.0. The summed E-state index contributed by atoms with van der Waals surface area (Å²) in [5.41, 5.74) is 2.56. The quantitative estimate of drug-likeness (QED) is 0.478. The molecule has 0 aliphatic rings. The van der Waals surface area contributed by atoms with Crippen molar-refractivity contribution in [3.05, 3.63) is 90.0 Å². The molecule has 33 heavy (non-hydrogen) atoms. The summed E-state index contributed by atoms with van der Waals surface area (Å²) in [6.07, 6.45) is 2.04. The highest BCUT2D eigenvalue weighted by atomic mass is 32.2. The molecule has 0 saturated heterocycles. The van der Waals surface area contributed by atoms with E-state index in [0.29, 0.717) is 17.2 Å². The summed E-state index contributed by atoms with van der Waals surface area (Å²) in [5.74, 6) is 0.871. The number of ether oxygens (including phenoxy) is 1. The van der Waals surface area contributed by atoms with E-state index in [1.54, 1.807) is 31.2 Å². The molecule has 0 saturated carbocycles. The summed E-state index contributed by atoms with van der Waals surface area (Å²) in [5, 5.41) is 2.93. The smallest absolute Gasteiger partial charge is 0.244 e. The Kier molecular flexibility index (Phi) is 7.76. The van der Waals surface area contributed by atoms with Gasteiger partial charge in [-0.1, -0.05) is 49.4 Å². The number of carbonyl (C=O) groups is 1. The first-order valence-corrected chi connectivity index (χ1v) is 12.8. The Bertz CT molecular complexity index is 1160. The van der Waals surface area contributed by atoms with Crippen LogP contribution in [0.3, 0.4) is 0 Å². The van der Waals surface area contributed by atoms with E-state index >= 15 is 0 Å². The standard InChI is InChI=1S/C26H30N2O4S/c1-5-21-11-13-22(14-12-21)19(2)27-26(29)20(3)28(33(4,30)31)23-15-17-25(18-16-23)32-24-9-7-6-8-10-24/h6-20H,5H2,1-4H3,(H,27,29). The summed E-state index contributed by atoms with van der Waals surface area (Å²) < 4.78 is 32.1. The van der Waals surface area contributed by atoms with Crippen LogP contribution in [0.4, 0.5) is 5.69 Å². The minimum atomic E-state index is -3.71. The van der Waals surface area contributed by atoms with Gasteiger partial charge < -0.3 is 10.1 Å². The number of nitrogens with one attached hydrogen (secondary N) is 1. The van der Waals surface area contributed by atoms with E-state index in [9.17, 15) is 13.2 Å². The first-order chi connectivity index (χ1) is 15.7. The molecule has 174 valence electrons. The predicted molar refractivity (Wildman–Crippen MR) is 132 cm³/mol. The summed E-state index contributed by atoms with van der Waals surface area (Å²) in [6.45, 7) is 5.55. The topological polar surface area (TPSA) is 75.7 Å². The van der Waals surface area contributed by atoms with Gasteiger partial charge in [0.2, 0.25) is 15.9 Å². The fraction of sp³-hybridized carbons (Fsp3) is 0.269. The van der Waals surface area contributed by atoms with E-state index in [1.165, 1.54) is 5.56 Å². The number of anilines is 1. The summed E-state index contributed by atoms with van der Waals surface area (Å²) in [6, 6.07) is 22.8. The molecule has 0 aliphatic carbocycles. The second kappa shape index (κ2) is 10.5. The maximum absolute atomic E-state index is 13.0. The predicted octanol–water partition coefficient (Wildman–Crippen LogP) is 5.07. The van der Waals surface area contributed by atoms with E-state index in [2.05, 4.69) is 12.2 Å². The molecule has 0 fully saturated rings. The van der Waals surface area contributed by atoms with E-state index < -0.39 is 16.1 Å². The third-order valence-corrected chi connectivity index (χ3v) is 6.65. The number of nitrogens with zero attached hydrogens (tertiary/aromatic N) is 1.